The molecule has 0 unspecified atom stereocenters. The maximum atomic E-state index is 5.07. The molecular weight excluding hydrogens is 132 g/mol. The minimum atomic E-state index is 1.01. The summed E-state index contributed by atoms with van der Waals surface area (Å²) in [6.45, 7) is 8.07. The van der Waals surface area contributed by atoms with Crippen LogP contribution >= 0.6 is 0 Å². The van der Waals surface area contributed by atoms with Crippen molar-refractivity contribution in [2.24, 2.45) is 0 Å². The molecule has 0 aromatic rings. The lowest BCUT2D eigenvalue weighted by Gasteiger charge is -1.89. The van der Waals surface area contributed by atoms with Crippen molar-refractivity contribution >= 4 is 0 Å². The van der Waals surface area contributed by atoms with Gasteiger partial charge in [0.25, 0.3) is 0 Å². The van der Waals surface area contributed by atoms with Crippen LogP contribution in [0.4, 0.5) is 0 Å². The van der Waals surface area contributed by atoms with Gasteiger partial charge >= 0.3 is 0 Å². The van der Waals surface area contributed by atoms with Crippen LogP contribution in [0.2, 0.25) is 0 Å². The van der Waals surface area contributed by atoms with E-state index < -0.39 is 0 Å². The molecule has 0 nitrogen and oxygen atoms in total. The molecule has 0 heteroatoms. The zero-order chi connectivity index (χ0) is 9.11. The summed E-state index contributed by atoms with van der Waals surface area (Å²) in [6.07, 6.45) is 11.9. The summed E-state index contributed by atoms with van der Waals surface area (Å²) in [5.74, 6) is 2.49. The van der Waals surface area contributed by atoms with E-state index in [9.17, 15) is 0 Å². The first kappa shape index (κ1) is 12.7. The number of terminal acetylenes is 1. The van der Waals surface area contributed by atoms with Crippen LogP contribution in [0.15, 0.2) is 23.8 Å². The van der Waals surface area contributed by atoms with Crippen molar-refractivity contribution in [1.29, 1.82) is 0 Å². The quantitative estimate of drug-likeness (QED) is 0.417. The molecule has 0 aliphatic heterocycles. The zero-order valence-electron chi connectivity index (χ0n) is 8.02. The second-order valence-corrected chi connectivity index (χ2v) is 1.74. The maximum absolute atomic E-state index is 5.07. The third kappa shape index (κ3) is 9.04. The summed E-state index contributed by atoms with van der Waals surface area (Å²) in [7, 11) is 0. The monoisotopic (exact) mass is 150 g/mol. The standard InChI is InChI=1S/C9H12.C2H6/c1-4-7-9(6-3)8-5-2;1-2/h1,5,7-8H,6H2,2-3H3;1-2H3/b8-5-,9-7-;. The molecule has 0 rings (SSSR count). The molecule has 0 radical (unpaired) electrons. The van der Waals surface area contributed by atoms with E-state index in [0.717, 1.165) is 6.42 Å². The van der Waals surface area contributed by atoms with E-state index >= 15 is 0 Å². The van der Waals surface area contributed by atoms with Crippen LogP contribution in [0.5, 0.6) is 0 Å². The first-order valence-electron chi connectivity index (χ1n) is 4.13. The summed E-state index contributed by atoms with van der Waals surface area (Å²) >= 11 is 0. The van der Waals surface area contributed by atoms with E-state index in [1.807, 2.05) is 32.9 Å². The van der Waals surface area contributed by atoms with E-state index in [1.165, 1.54) is 5.57 Å². The number of hydrogen-bond donors (Lipinski definition) is 0. The van der Waals surface area contributed by atoms with Crippen molar-refractivity contribution < 1.29 is 0 Å². The van der Waals surface area contributed by atoms with Gasteiger partial charge in [-0.25, -0.2) is 0 Å². The molecule has 0 aromatic heterocycles. The molecule has 62 valence electrons. The van der Waals surface area contributed by atoms with Gasteiger partial charge in [0, 0.05) is 0 Å². The first-order valence-corrected chi connectivity index (χ1v) is 4.13. The minimum absolute atomic E-state index is 1.01. The second-order valence-electron chi connectivity index (χ2n) is 1.74. The van der Waals surface area contributed by atoms with Crippen LogP contribution in [0.3, 0.4) is 0 Å². The number of allylic oxidation sites excluding steroid dienone is 4. The summed E-state index contributed by atoms with van der Waals surface area (Å²) < 4.78 is 0. The van der Waals surface area contributed by atoms with E-state index in [1.54, 1.807) is 6.08 Å². The lowest BCUT2D eigenvalue weighted by Crippen LogP contribution is -1.70. The van der Waals surface area contributed by atoms with Gasteiger partial charge in [-0.05, 0) is 25.0 Å². The van der Waals surface area contributed by atoms with Crippen molar-refractivity contribution in [2.45, 2.75) is 34.1 Å². The molecule has 0 saturated carbocycles. The average Bonchev–Trinajstić information content (AvgIpc) is 2.08. The van der Waals surface area contributed by atoms with Gasteiger partial charge in [-0.1, -0.05) is 38.8 Å². The molecule has 0 fully saturated rings. The SMILES string of the molecule is C#C/C=C(\C=C/C)CC.CC. The van der Waals surface area contributed by atoms with Gasteiger partial charge in [0.15, 0.2) is 0 Å². The van der Waals surface area contributed by atoms with Crippen LogP contribution in [0.1, 0.15) is 34.1 Å². The molecular formula is C11H18. The Morgan fingerprint density at radius 3 is 2.27 bits per heavy atom. The Morgan fingerprint density at radius 1 is 1.45 bits per heavy atom. The molecule has 0 heterocycles. The normalized spacial score (nSPS) is 10.3. The van der Waals surface area contributed by atoms with Crippen molar-refractivity contribution in [3.8, 4) is 12.3 Å². The highest BCUT2D eigenvalue weighted by atomic mass is 13.9. The Balaban J connectivity index is 0. The van der Waals surface area contributed by atoms with Crippen LogP contribution in [0.25, 0.3) is 0 Å². The molecule has 0 aliphatic carbocycles. The van der Waals surface area contributed by atoms with Crippen molar-refractivity contribution in [1.82, 2.24) is 0 Å². The van der Waals surface area contributed by atoms with Crippen molar-refractivity contribution in [3.05, 3.63) is 23.8 Å². The predicted octanol–water partition coefficient (Wildman–Crippen LogP) is 3.56. The largest absolute Gasteiger partial charge is 0.115 e. The highest BCUT2D eigenvalue weighted by Gasteiger charge is 1.81. The van der Waals surface area contributed by atoms with Gasteiger partial charge in [-0.15, -0.1) is 6.42 Å². The summed E-state index contributed by atoms with van der Waals surface area (Å²) in [6, 6.07) is 0. The van der Waals surface area contributed by atoms with Crippen molar-refractivity contribution in [2.75, 3.05) is 0 Å². The Bertz CT molecular complexity index is 153. The topological polar surface area (TPSA) is 0 Å². The molecule has 0 amide bonds. The lowest BCUT2D eigenvalue weighted by molar-refractivity contribution is 1.15. The van der Waals surface area contributed by atoms with Gasteiger partial charge in [0.2, 0.25) is 0 Å². The maximum Gasteiger partial charge on any atom is -0.00897 e. The fourth-order valence-corrected chi connectivity index (χ4v) is 0.589. The Morgan fingerprint density at radius 2 is 2.00 bits per heavy atom. The van der Waals surface area contributed by atoms with Gasteiger partial charge in [0.1, 0.15) is 0 Å². The van der Waals surface area contributed by atoms with Crippen LogP contribution in [0, 0.1) is 12.3 Å². The molecule has 0 atom stereocenters. The molecule has 0 N–H and O–H groups in total. The molecule has 0 aromatic carbocycles. The highest BCUT2D eigenvalue weighted by Crippen LogP contribution is 2.00. The second kappa shape index (κ2) is 11.8. The predicted molar refractivity (Wildman–Crippen MR) is 53.4 cm³/mol. The molecule has 0 bridgehead atoms. The molecule has 0 saturated heterocycles. The van der Waals surface area contributed by atoms with Gasteiger partial charge in [-0.3, -0.25) is 0 Å². The smallest absolute Gasteiger partial charge is 0.00897 e. The zero-order valence-corrected chi connectivity index (χ0v) is 8.02. The Kier molecular flexibility index (Phi) is 13.6. The molecule has 11 heavy (non-hydrogen) atoms. The summed E-state index contributed by atoms with van der Waals surface area (Å²) in [5.41, 5.74) is 1.21. The van der Waals surface area contributed by atoms with E-state index in [4.69, 9.17) is 6.42 Å². The number of rotatable bonds is 2. The fourth-order valence-electron chi connectivity index (χ4n) is 0.589. The van der Waals surface area contributed by atoms with Crippen LogP contribution in [-0.2, 0) is 0 Å². The van der Waals surface area contributed by atoms with E-state index in [2.05, 4.69) is 12.8 Å². The lowest BCUT2D eigenvalue weighted by atomic mass is 10.2. The van der Waals surface area contributed by atoms with Gasteiger partial charge in [0.05, 0.1) is 0 Å². The van der Waals surface area contributed by atoms with Gasteiger partial charge in [-0.2, -0.15) is 0 Å². The highest BCUT2D eigenvalue weighted by molar-refractivity contribution is 5.26. The van der Waals surface area contributed by atoms with Crippen molar-refractivity contribution in [3.63, 3.8) is 0 Å². The van der Waals surface area contributed by atoms with Gasteiger partial charge < -0.3 is 0 Å². The third-order valence-electron chi connectivity index (χ3n) is 1.06. The van der Waals surface area contributed by atoms with Crippen LogP contribution in [-0.4, -0.2) is 0 Å². The summed E-state index contributed by atoms with van der Waals surface area (Å²) in [4.78, 5) is 0. The Hall–Kier alpha value is -0.960. The van der Waals surface area contributed by atoms with E-state index in [-0.39, 0.29) is 0 Å². The fraction of sp³-hybridized carbons (Fsp3) is 0.455. The average molecular weight is 150 g/mol. The van der Waals surface area contributed by atoms with E-state index in [0.29, 0.717) is 0 Å². The summed E-state index contributed by atoms with van der Waals surface area (Å²) in [5, 5.41) is 0. The number of hydrogen-bond acceptors (Lipinski definition) is 0. The first-order chi connectivity index (χ1) is 5.35. The molecule has 0 spiro atoms. The third-order valence-corrected chi connectivity index (χ3v) is 1.06. The Labute approximate surface area is 71.0 Å². The minimum Gasteiger partial charge on any atom is -0.115 e. The van der Waals surface area contributed by atoms with Crippen LogP contribution < -0.4 is 0 Å². The molecule has 0 aliphatic rings.